The molecule has 0 aliphatic carbocycles. The SMILES string of the molecule is C=CCN1C(=O)/C(=C/c2cn(-c3ccccc3)nc2-c2ccc(S(=O)(=O)N3CCOCC3)cc2)SC1=S. The molecule has 2 saturated heterocycles. The number of hydrogen-bond donors (Lipinski definition) is 0. The minimum atomic E-state index is -3.61. The maximum atomic E-state index is 13.0. The molecule has 0 atom stereocenters. The molecule has 190 valence electrons. The van der Waals surface area contributed by atoms with Crippen LogP contribution in [0.3, 0.4) is 0 Å². The number of para-hydroxylation sites is 1. The van der Waals surface area contributed by atoms with Crippen LogP contribution >= 0.6 is 24.0 Å². The standard InChI is InChI=1S/C26H24N4O4S3/c1-2-12-29-25(31)23(36-26(29)35)17-20-18-30(21-6-4-3-5-7-21)27-24(20)19-8-10-22(11-9-19)37(32,33)28-13-15-34-16-14-28/h2-11,17-18H,1,12-16H2/b23-17-. The Bertz CT molecular complexity index is 1480. The number of nitrogens with zero attached hydrogens (tertiary/aromatic N) is 4. The van der Waals surface area contributed by atoms with Gasteiger partial charge in [-0.3, -0.25) is 9.69 Å². The number of thioether (sulfide) groups is 1. The number of hydrogen-bond acceptors (Lipinski definition) is 7. The lowest BCUT2D eigenvalue weighted by Crippen LogP contribution is -2.40. The van der Waals surface area contributed by atoms with E-state index >= 15 is 0 Å². The first-order valence-corrected chi connectivity index (χ1v) is 14.2. The Balaban J connectivity index is 1.53. The van der Waals surface area contributed by atoms with Crippen molar-refractivity contribution in [3.8, 4) is 16.9 Å². The summed E-state index contributed by atoms with van der Waals surface area (Å²) in [6, 6.07) is 16.3. The summed E-state index contributed by atoms with van der Waals surface area (Å²) in [5.74, 6) is -0.180. The highest BCUT2D eigenvalue weighted by Gasteiger charge is 2.32. The number of carbonyl (C=O) groups is 1. The maximum absolute atomic E-state index is 13.0. The zero-order valence-electron chi connectivity index (χ0n) is 19.8. The second-order valence-corrected chi connectivity index (χ2v) is 11.9. The van der Waals surface area contributed by atoms with E-state index in [9.17, 15) is 13.2 Å². The van der Waals surface area contributed by atoms with Gasteiger partial charge in [0.25, 0.3) is 5.91 Å². The largest absolute Gasteiger partial charge is 0.379 e. The average Bonchev–Trinajstić information content (AvgIpc) is 3.46. The van der Waals surface area contributed by atoms with E-state index in [0.29, 0.717) is 53.3 Å². The van der Waals surface area contributed by atoms with Gasteiger partial charge >= 0.3 is 0 Å². The van der Waals surface area contributed by atoms with E-state index in [2.05, 4.69) is 6.58 Å². The molecule has 5 rings (SSSR count). The third-order valence-electron chi connectivity index (χ3n) is 5.97. The van der Waals surface area contributed by atoms with Gasteiger partial charge in [0.15, 0.2) is 0 Å². The lowest BCUT2D eigenvalue weighted by Gasteiger charge is -2.26. The van der Waals surface area contributed by atoms with Gasteiger partial charge in [0.1, 0.15) is 4.32 Å². The number of carbonyl (C=O) groups excluding carboxylic acids is 1. The lowest BCUT2D eigenvalue weighted by molar-refractivity contribution is -0.121. The van der Waals surface area contributed by atoms with Crippen molar-refractivity contribution in [1.82, 2.24) is 19.0 Å². The normalized spacial score (nSPS) is 18.1. The van der Waals surface area contributed by atoms with Gasteiger partial charge in [-0.15, -0.1) is 6.58 Å². The first kappa shape index (κ1) is 25.6. The van der Waals surface area contributed by atoms with Crippen LogP contribution in [-0.2, 0) is 19.6 Å². The van der Waals surface area contributed by atoms with E-state index in [1.807, 2.05) is 36.5 Å². The van der Waals surface area contributed by atoms with E-state index in [1.165, 1.54) is 21.0 Å². The monoisotopic (exact) mass is 552 g/mol. The predicted molar refractivity (Wildman–Crippen MR) is 149 cm³/mol. The molecule has 37 heavy (non-hydrogen) atoms. The Morgan fingerprint density at radius 2 is 1.78 bits per heavy atom. The van der Waals surface area contributed by atoms with Crippen LogP contribution < -0.4 is 0 Å². The number of ether oxygens (including phenoxy) is 1. The zero-order valence-corrected chi connectivity index (χ0v) is 22.3. The summed E-state index contributed by atoms with van der Waals surface area (Å²) >= 11 is 6.61. The number of sulfonamides is 1. The lowest BCUT2D eigenvalue weighted by atomic mass is 10.1. The van der Waals surface area contributed by atoms with Crippen molar-refractivity contribution >= 4 is 50.3 Å². The molecule has 0 spiro atoms. The molecule has 3 heterocycles. The second kappa shape index (κ2) is 10.7. The minimum Gasteiger partial charge on any atom is -0.379 e. The summed E-state index contributed by atoms with van der Waals surface area (Å²) in [6.45, 7) is 5.48. The molecule has 0 unspecified atom stereocenters. The topological polar surface area (TPSA) is 84.7 Å². The van der Waals surface area contributed by atoms with Crippen molar-refractivity contribution in [2.75, 3.05) is 32.8 Å². The van der Waals surface area contributed by atoms with Gasteiger partial charge in [-0.05, 0) is 30.3 Å². The van der Waals surface area contributed by atoms with Crippen molar-refractivity contribution in [2.24, 2.45) is 0 Å². The fourth-order valence-electron chi connectivity index (χ4n) is 4.08. The molecule has 11 heteroatoms. The van der Waals surface area contributed by atoms with Gasteiger partial charge in [0, 0.05) is 37.0 Å². The molecule has 8 nitrogen and oxygen atoms in total. The molecular weight excluding hydrogens is 529 g/mol. The number of amides is 1. The summed E-state index contributed by atoms with van der Waals surface area (Å²) in [5, 5.41) is 4.79. The van der Waals surface area contributed by atoms with Gasteiger partial charge in [-0.2, -0.15) is 9.40 Å². The highest BCUT2D eigenvalue weighted by Crippen LogP contribution is 2.35. The number of thiocarbonyl (C=S) groups is 1. The molecule has 3 aromatic rings. The van der Waals surface area contributed by atoms with Crippen LogP contribution in [0.2, 0.25) is 0 Å². The Kier molecular flexibility index (Phi) is 7.40. The van der Waals surface area contributed by atoms with Crippen LogP contribution in [0.15, 0.2) is 83.2 Å². The third-order valence-corrected chi connectivity index (χ3v) is 9.26. The van der Waals surface area contributed by atoms with E-state index in [0.717, 1.165) is 11.3 Å². The molecule has 2 fully saturated rings. The molecule has 2 aliphatic heterocycles. The Morgan fingerprint density at radius 1 is 1.08 bits per heavy atom. The van der Waals surface area contributed by atoms with Gasteiger partial charge in [-0.25, -0.2) is 13.1 Å². The van der Waals surface area contributed by atoms with Gasteiger partial charge in [0.2, 0.25) is 10.0 Å². The van der Waals surface area contributed by atoms with Crippen molar-refractivity contribution < 1.29 is 17.9 Å². The van der Waals surface area contributed by atoms with E-state index in [4.69, 9.17) is 22.1 Å². The summed E-state index contributed by atoms with van der Waals surface area (Å²) in [4.78, 5) is 15.1. The van der Waals surface area contributed by atoms with E-state index < -0.39 is 10.0 Å². The quantitative estimate of drug-likeness (QED) is 0.249. The van der Waals surface area contributed by atoms with Crippen molar-refractivity contribution in [3.05, 3.63) is 83.9 Å². The molecular formula is C26H24N4O4S3. The summed E-state index contributed by atoms with van der Waals surface area (Å²) in [6.07, 6.45) is 5.27. The predicted octanol–water partition coefficient (Wildman–Crippen LogP) is 3.95. The van der Waals surface area contributed by atoms with Gasteiger partial charge in [0.05, 0.1) is 34.4 Å². The Hall–Kier alpha value is -3.09. The molecule has 2 aromatic carbocycles. The first-order chi connectivity index (χ1) is 17.9. The van der Waals surface area contributed by atoms with Crippen LogP contribution in [0.4, 0.5) is 0 Å². The van der Waals surface area contributed by atoms with Crippen LogP contribution in [-0.4, -0.2) is 70.5 Å². The van der Waals surface area contributed by atoms with Crippen molar-refractivity contribution in [3.63, 3.8) is 0 Å². The van der Waals surface area contributed by atoms with E-state index in [1.54, 1.807) is 41.1 Å². The second-order valence-electron chi connectivity index (χ2n) is 8.33. The third kappa shape index (κ3) is 5.18. The number of aromatic nitrogens is 2. The maximum Gasteiger partial charge on any atom is 0.266 e. The smallest absolute Gasteiger partial charge is 0.266 e. The fraction of sp³-hybridized carbons (Fsp3) is 0.192. The Labute approximate surface area is 225 Å². The number of benzene rings is 2. The van der Waals surface area contributed by atoms with E-state index in [-0.39, 0.29) is 10.8 Å². The zero-order chi connectivity index (χ0) is 26.0. The van der Waals surface area contributed by atoms with Crippen molar-refractivity contribution in [2.45, 2.75) is 4.90 Å². The summed E-state index contributed by atoms with van der Waals surface area (Å²) in [7, 11) is -3.61. The molecule has 0 saturated carbocycles. The Morgan fingerprint density at radius 3 is 2.46 bits per heavy atom. The summed E-state index contributed by atoms with van der Waals surface area (Å²) in [5.41, 5.74) is 2.91. The van der Waals surface area contributed by atoms with Crippen LogP contribution in [0.5, 0.6) is 0 Å². The highest BCUT2D eigenvalue weighted by atomic mass is 32.2. The number of rotatable bonds is 7. The minimum absolute atomic E-state index is 0.180. The molecule has 0 bridgehead atoms. The van der Waals surface area contributed by atoms with Crippen LogP contribution in [0, 0.1) is 0 Å². The molecule has 1 amide bonds. The van der Waals surface area contributed by atoms with Gasteiger partial charge < -0.3 is 4.74 Å². The first-order valence-electron chi connectivity index (χ1n) is 11.6. The highest BCUT2D eigenvalue weighted by molar-refractivity contribution is 8.26. The van der Waals surface area contributed by atoms with Gasteiger partial charge in [-0.1, -0.05) is 60.4 Å². The van der Waals surface area contributed by atoms with Crippen LogP contribution in [0.1, 0.15) is 5.56 Å². The molecule has 1 aromatic heterocycles. The van der Waals surface area contributed by atoms with Crippen molar-refractivity contribution in [1.29, 1.82) is 0 Å². The molecule has 0 N–H and O–H groups in total. The number of morpholine rings is 1. The molecule has 2 aliphatic rings. The summed E-state index contributed by atoms with van der Waals surface area (Å²) < 4.78 is 35.0. The van der Waals surface area contributed by atoms with Crippen LogP contribution in [0.25, 0.3) is 23.0 Å². The fourth-order valence-corrected chi connectivity index (χ4v) is 6.75. The average molecular weight is 553 g/mol. The molecule has 0 radical (unpaired) electrons.